The summed E-state index contributed by atoms with van der Waals surface area (Å²) in [5.41, 5.74) is -0.257. The van der Waals surface area contributed by atoms with E-state index in [-0.39, 0.29) is 10.8 Å². The summed E-state index contributed by atoms with van der Waals surface area (Å²) in [6.07, 6.45) is 1.42. The summed E-state index contributed by atoms with van der Waals surface area (Å²) in [4.78, 5) is 5.95. The van der Waals surface area contributed by atoms with Gasteiger partial charge in [-0.1, -0.05) is 13.8 Å². The fourth-order valence-corrected chi connectivity index (χ4v) is 7.38. The van der Waals surface area contributed by atoms with E-state index in [2.05, 4.69) is 18.8 Å². The molecule has 3 fully saturated rings. The molecule has 0 N–H and O–H groups in total. The van der Waals surface area contributed by atoms with Crippen LogP contribution in [0.15, 0.2) is 18.3 Å². The lowest BCUT2D eigenvalue weighted by Crippen LogP contribution is -2.49. The van der Waals surface area contributed by atoms with E-state index in [4.69, 9.17) is 0 Å². The van der Waals surface area contributed by atoms with Crippen LogP contribution in [0.2, 0.25) is 0 Å². The first-order valence-corrected chi connectivity index (χ1v) is 11.3. The van der Waals surface area contributed by atoms with Gasteiger partial charge in [-0.25, -0.2) is 13.5 Å². The minimum atomic E-state index is -4.37. The van der Waals surface area contributed by atoms with E-state index in [9.17, 15) is 17.4 Å². The third-order valence-corrected chi connectivity index (χ3v) is 9.40. The molecule has 156 valence electrons. The Balaban J connectivity index is 1.35. The normalized spacial score (nSPS) is 31.3. The molecule has 1 saturated heterocycles. The highest BCUT2D eigenvalue weighted by Gasteiger charge is 2.59. The van der Waals surface area contributed by atoms with Gasteiger partial charge in [0.1, 0.15) is 5.82 Å². The Morgan fingerprint density at radius 3 is 2.25 bits per heavy atom. The molecule has 8 heteroatoms. The first-order valence-electron chi connectivity index (χ1n) is 10.0. The van der Waals surface area contributed by atoms with Crippen LogP contribution in [-0.4, -0.2) is 45.4 Å². The Bertz CT molecular complexity index is 734. The van der Waals surface area contributed by atoms with Crippen molar-refractivity contribution in [1.29, 1.82) is 0 Å². The number of piperazine rings is 1. The fraction of sp³-hybridized carbons (Fsp3) is 0.750. The van der Waals surface area contributed by atoms with Crippen LogP contribution in [0.4, 0.5) is 19.0 Å². The van der Waals surface area contributed by atoms with Crippen molar-refractivity contribution in [3.05, 3.63) is 23.9 Å². The average molecular weight is 416 g/mol. The zero-order valence-electron chi connectivity index (χ0n) is 16.5. The number of halogens is 3. The van der Waals surface area contributed by atoms with E-state index in [0.717, 1.165) is 23.9 Å². The maximum Gasteiger partial charge on any atom is 0.417 e. The molecule has 1 aliphatic heterocycles. The van der Waals surface area contributed by atoms with E-state index in [1.807, 2.05) is 9.21 Å². The van der Waals surface area contributed by atoms with Gasteiger partial charge >= 0.3 is 6.18 Å². The third kappa shape index (κ3) is 3.36. The standard InChI is InChI=1S/C20H28F3N3OS/c1-18(2)15-5-7-19(18,8-6-15)14-28(27)26-11-9-25(10-12-26)17-4-3-16(13-24-17)20(21,22)23/h3-4,13,15H,5-12,14H2,1-2H3. The number of rotatable bonds is 4. The Hall–Kier alpha value is -1.15. The van der Waals surface area contributed by atoms with Crippen molar-refractivity contribution >= 4 is 16.8 Å². The molecule has 1 unspecified atom stereocenters. The van der Waals surface area contributed by atoms with Crippen LogP contribution in [0.25, 0.3) is 0 Å². The van der Waals surface area contributed by atoms with Gasteiger partial charge in [0.05, 0.1) is 16.5 Å². The number of aromatic nitrogens is 1. The van der Waals surface area contributed by atoms with E-state index in [1.54, 1.807) is 0 Å². The van der Waals surface area contributed by atoms with E-state index >= 15 is 0 Å². The second kappa shape index (κ2) is 6.97. The van der Waals surface area contributed by atoms with Gasteiger partial charge in [-0.15, -0.1) is 0 Å². The lowest BCUT2D eigenvalue weighted by Gasteiger charge is -2.40. The zero-order valence-corrected chi connectivity index (χ0v) is 17.3. The summed E-state index contributed by atoms with van der Waals surface area (Å²) in [6, 6.07) is 2.50. The molecule has 3 aliphatic rings. The summed E-state index contributed by atoms with van der Waals surface area (Å²) in [5, 5.41) is 0. The van der Waals surface area contributed by atoms with Gasteiger partial charge in [0, 0.05) is 38.1 Å². The summed E-state index contributed by atoms with van der Waals surface area (Å²) >= 11 is 0. The average Bonchev–Trinajstić information content (AvgIpc) is 3.05. The van der Waals surface area contributed by atoms with Crippen molar-refractivity contribution in [3.63, 3.8) is 0 Å². The van der Waals surface area contributed by atoms with Crippen LogP contribution in [0.5, 0.6) is 0 Å². The molecule has 28 heavy (non-hydrogen) atoms. The Kier molecular flexibility index (Phi) is 5.01. The molecule has 0 spiro atoms. The van der Waals surface area contributed by atoms with Crippen LogP contribution < -0.4 is 4.90 Å². The van der Waals surface area contributed by atoms with Crippen molar-refractivity contribution in [2.24, 2.45) is 16.7 Å². The fourth-order valence-electron chi connectivity index (χ4n) is 5.49. The minimum Gasteiger partial charge on any atom is -0.354 e. The van der Waals surface area contributed by atoms with E-state index in [1.165, 1.54) is 31.7 Å². The van der Waals surface area contributed by atoms with E-state index in [0.29, 0.717) is 32.0 Å². The van der Waals surface area contributed by atoms with Gasteiger partial charge < -0.3 is 4.90 Å². The molecule has 2 heterocycles. The molecule has 2 saturated carbocycles. The minimum absolute atomic E-state index is 0.203. The van der Waals surface area contributed by atoms with Crippen molar-refractivity contribution in [2.45, 2.75) is 45.7 Å². The van der Waals surface area contributed by atoms with Gasteiger partial charge in [-0.3, -0.25) is 0 Å². The number of alkyl halides is 3. The lowest BCUT2D eigenvalue weighted by molar-refractivity contribution is -0.137. The van der Waals surface area contributed by atoms with Crippen LogP contribution in [0, 0.1) is 16.7 Å². The Morgan fingerprint density at radius 1 is 1.14 bits per heavy atom. The Labute approximate surface area is 167 Å². The van der Waals surface area contributed by atoms with Gasteiger partial charge in [0.2, 0.25) is 0 Å². The molecular formula is C20H28F3N3OS. The molecule has 4 rings (SSSR count). The van der Waals surface area contributed by atoms with Crippen molar-refractivity contribution in [2.75, 3.05) is 36.8 Å². The highest BCUT2D eigenvalue weighted by atomic mass is 32.2. The Morgan fingerprint density at radius 2 is 1.79 bits per heavy atom. The maximum absolute atomic E-state index is 13.1. The highest BCUT2D eigenvalue weighted by Crippen LogP contribution is 2.66. The third-order valence-electron chi connectivity index (χ3n) is 7.66. The number of fused-ring (bicyclic) bond motifs is 2. The maximum atomic E-state index is 13.1. The van der Waals surface area contributed by atoms with Crippen LogP contribution >= 0.6 is 0 Å². The molecule has 4 nitrogen and oxygen atoms in total. The number of nitrogens with zero attached hydrogens (tertiary/aromatic N) is 3. The molecule has 1 aromatic heterocycles. The lowest BCUT2D eigenvalue weighted by atomic mass is 9.71. The molecular weight excluding hydrogens is 387 g/mol. The first kappa shape index (κ1) is 20.1. The molecule has 2 bridgehead atoms. The topological polar surface area (TPSA) is 36.4 Å². The molecule has 0 amide bonds. The molecule has 2 aliphatic carbocycles. The van der Waals surface area contributed by atoms with Crippen LogP contribution in [0.1, 0.15) is 45.1 Å². The second-order valence-corrected chi connectivity index (χ2v) is 10.5. The predicted molar refractivity (Wildman–Crippen MR) is 104 cm³/mol. The molecule has 0 radical (unpaired) electrons. The summed E-state index contributed by atoms with van der Waals surface area (Å²) in [5.74, 6) is 2.06. The van der Waals surface area contributed by atoms with Gasteiger partial charge in [-0.2, -0.15) is 13.2 Å². The largest absolute Gasteiger partial charge is 0.417 e. The number of pyridine rings is 1. The number of anilines is 1. The molecule has 0 aromatic carbocycles. The van der Waals surface area contributed by atoms with Crippen molar-refractivity contribution in [1.82, 2.24) is 9.29 Å². The van der Waals surface area contributed by atoms with Crippen molar-refractivity contribution < 1.29 is 17.4 Å². The summed E-state index contributed by atoms with van der Waals surface area (Å²) in [6.45, 7) is 7.25. The van der Waals surface area contributed by atoms with Crippen molar-refractivity contribution in [3.8, 4) is 0 Å². The van der Waals surface area contributed by atoms with Gasteiger partial charge in [-0.05, 0) is 54.6 Å². The van der Waals surface area contributed by atoms with Gasteiger partial charge in [0.15, 0.2) is 0 Å². The number of hydrogen-bond acceptors (Lipinski definition) is 3. The smallest absolute Gasteiger partial charge is 0.354 e. The number of hydrogen-bond donors (Lipinski definition) is 0. The molecule has 1 atom stereocenters. The first-order chi connectivity index (χ1) is 13.1. The highest BCUT2D eigenvalue weighted by molar-refractivity contribution is 7.82. The van der Waals surface area contributed by atoms with Crippen LogP contribution in [0.3, 0.4) is 0 Å². The predicted octanol–water partition coefficient (Wildman–Crippen LogP) is 4.10. The van der Waals surface area contributed by atoms with E-state index < -0.39 is 22.7 Å². The SMILES string of the molecule is CC1(C)C2CCC1(CS(=O)N1CCN(c3ccc(C(F)(F)F)cn3)CC1)CC2. The zero-order chi connectivity index (χ0) is 20.2. The monoisotopic (exact) mass is 415 g/mol. The summed E-state index contributed by atoms with van der Waals surface area (Å²) < 4.78 is 53.2. The van der Waals surface area contributed by atoms with Crippen LogP contribution in [-0.2, 0) is 17.2 Å². The second-order valence-electron chi connectivity index (χ2n) is 9.06. The summed E-state index contributed by atoms with van der Waals surface area (Å²) in [7, 11) is -1.00. The quantitative estimate of drug-likeness (QED) is 0.743. The van der Waals surface area contributed by atoms with Gasteiger partial charge in [0.25, 0.3) is 0 Å². The molecule has 1 aromatic rings.